The summed E-state index contributed by atoms with van der Waals surface area (Å²) in [4.78, 5) is 35.2. The fraction of sp³-hybridized carbons (Fsp3) is 0.455. The Morgan fingerprint density at radius 2 is 2.25 bits per heavy atom. The van der Waals surface area contributed by atoms with E-state index in [1.165, 1.54) is 11.0 Å². The summed E-state index contributed by atoms with van der Waals surface area (Å²) in [7, 11) is 0. The molecule has 0 aliphatic carbocycles. The summed E-state index contributed by atoms with van der Waals surface area (Å²) in [5, 5.41) is 17.2. The quantitative estimate of drug-likeness (QED) is 0.609. The van der Waals surface area contributed by atoms with Crippen molar-refractivity contribution in [1.82, 2.24) is 15.1 Å². The van der Waals surface area contributed by atoms with Gasteiger partial charge in [0.25, 0.3) is 0 Å². The van der Waals surface area contributed by atoms with Gasteiger partial charge in [-0.1, -0.05) is 0 Å². The highest BCUT2D eigenvalue weighted by molar-refractivity contribution is 5.94. The van der Waals surface area contributed by atoms with E-state index in [2.05, 4.69) is 15.5 Å². The van der Waals surface area contributed by atoms with Crippen molar-refractivity contribution < 1.29 is 19.5 Å². The van der Waals surface area contributed by atoms with Crippen LogP contribution in [0, 0.1) is 5.92 Å². The first-order valence-electron chi connectivity index (χ1n) is 6.11. The molecule has 5 N–H and O–H groups in total. The summed E-state index contributed by atoms with van der Waals surface area (Å²) in [5.41, 5.74) is 5.08. The number of carboxylic acids is 1. The predicted molar refractivity (Wildman–Crippen MR) is 68.1 cm³/mol. The molecule has 1 aliphatic heterocycles. The zero-order chi connectivity index (χ0) is 14.7. The van der Waals surface area contributed by atoms with E-state index in [1.807, 2.05) is 0 Å². The Morgan fingerprint density at radius 3 is 2.85 bits per heavy atom. The number of carboxylic acid groups (broad SMARTS) is 1. The molecule has 0 radical (unpaired) electrons. The number of nitrogens with two attached hydrogens (primary N) is 1. The number of hydrogen-bond donors (Lipinski definition) is 4. The number of nitrogens with one attached hydrogen (secondary N) is 2. The normalized spacial score (nSPS) is 18.6. The SMILES string of the molecule is NC(=O)N1CCCC(C(=O)Nc2cc(C(=O)O)[nH]n2)C1. The molecule has 9 nitrogen and oxygen atoms in total. The number of hydrogen-bond acceptors (Lipinski definition) is 4. The van der Waals surface area contributed by atoms with Crippen molar-refractivity contribution in [2.75, 3.05) is 18.4 Å². The molecule has 108 valence electrons. The number of aromatic amines is 1. The van der Waals surface area contributed by atoms with E-state index in [9.17, 15) is 14.4 Å². The number of rotatable bonds is 3. The summed E-state index contributed by atoms with van der Waals surface area (Å²) in [5.74, 6) is -1.69. The number of aromatic carboxylic acids is 1. The van der Waals surface area contributed by atoms with Gasteiger partial charge in [0.1, 0.15) is 5.69 Å². The average Bonchev–Trinajstić information content (AvgIpc) is 2.87. The standard InChI is InChI=1S/C11H15N5O4/c12-11(20)16-3-1-2-6(5-16)9(17)13-8-4-7(10(18)19)14-15-8/h4,6H,1-3,5H2,(H2,12,20)(H,18,19)(H2,13,14,15,17). The van der Waals surface area contributed by atoms with Gasteiger partial charge in [-0.25, -0.2) is 9.59 Å². The number of carbonyl (C=O) groups is 3. The van der Waals surface area contributed by atoms with Crippen LogP contribution in [0.1, 0.15) is 23.3 Å². The van der Waals surface area contributed by atoms with Crippen LogP contribution in [-0.2, 0) is 4.79 Å². The van der Waals surface area contributed by atoms with Gasteiger partial charge in [-0.15, -0.1) is 0 Å². The van der Waals surface area contributed by atoms with Crippen LogP contribution in [0.3, 0.4) is 0 Å². The molecule has 1 unspecified atom stereocenters. The van der Waals surface area contributed by atoms with Crippen molar-refractivity contribution in [2.24, 2.45) is 11.7 Å². The summed E-state index contributed by atoms with van der Waals surface area (Å²) >= 11 is 0. The average molecular weight is 281 g/mol. The molecule has 1 aliphatic rings. The molecule has 0 bridgehead atoms. The monoisotopic (exact) mass is 281 g/mol. The molecule has 0 aromatic carbocycles. The predicted octanol–water partition coefficient (Wildman–Crippen LogP) is -0.163. The number of likely N-dealkylation sites (tertiary alicyclic amines) is 1. The van der Waals surface area contributed by atoms with Crippen molar-refractivity contribution in [3.8, 4) is 0 Å². The van der Waals surface area contributed by atoms with Crippen LogP contribution in [0.25, 0.3) is 0 Å². The Bertz CT molecular complexity index is 541. The second kappa shape index (κ2) is 5.59. The molecule has 1 aromatic heterocycles. The molecular formula is C11H15N5O4. The molecule has 20 heavy (non-hydrogen) atoms. The molecule has 2 rings (SSSR count). The van der Waals surface area contributed by atoms with Gasteiger partial charge in [-0.2, -0.15) is 5.10 Å². The van der Waals surface area contributed by atoms with Crippen molar-refractivity contribution in [1.29, 1.82) is 0 Å². The van der Waals surface area contributed by atoms with Crippen LogP contribution >= 0.6 is 0 Å². The second-order valence-corrected chi connectivity index (χ2v) is 4.58. The van der Waals surface area contributed by atoms with E-state index in [-0.39, 0.29) is 29.9 Å². The van der Waals surface area contributed by atoms with Crippen molar-refractivity contribution >= 4 is 23.7 Å². The third kappa shape index (κ3) is 3.05. The van der Waals surface area contributed by atoms with Crippen molar-refractivity contribution in [3.63, 3.8) is 0 Å². The summed E-state index contributed by atoms with van der Waals surface area (Å²) < 4.78 is 0. The van der Waals surface area contributed by atoms with Gasteiger partial charge in [0.15, 0.2) is 5.82 Å². The lowest BCUT2D eigenvalue weighted by molar-refractivity contribution is -0.121. The number of carbonyl (C=O) groups excluding carboxylic acids is 2. The third-order valence-corrected chi connectivity index (χ3v) is 3.16. The van der Waals surface area contributed by atoms with Gasteiger partial charge in [0, 0.05) is 19.2 Å². The molecule has 9 heteroatoms. The van der Waals surface area contributed by atoms with Gasteiger partial charge < -0.3 is 21.1 Å². The van der Waals surface area contributed by atoms with Gasteiger partial charge >= 0.3 is 12.0 Å². The highest BCUT2D eigenvalue weighted by Crippen LogP contribution is 2.18. The zero-order valence-corrected chi connectivity index (χ0v) is 10.6. The summed E-state index contributed by atoms with van der Waals surface area (Å²) in [6, 6.07) is 0.685. The number of urea groups is 1. The fourth-order valence-electron chi connectivity index (χ4n) is 2.11. The van der Waals surface area contributed by atoms with Crippen LogP contribution in [0.15, 0.2) is 6.07 Å². The lowest BCUT2D eigenvalue weighted by atomic mass is 9.97. The Hall–Kier alpha value is -2.58. The largest absolute Gasteiger partial charge is 0.477 e. The number of amides is 3. The molecular weight excluding hydrogens is 266 g/mol. The molecule has 1 aromatic rings. The van der Waals surface area contributed by atoms with Crippen LogP contribution in [0.5, 0.6) is 0 Å². The molecule has 0 spiro atoms. The first-order valence-corrected chi connectivity index (χ1v) is 6.11. The Labute approximate surface area is 114 Å². The number of H-pyrrole nitrogens is 1. The van der Waals surface area contributed by atoms with Gasteiger partial charge in [0.2, 0.25) is 5.91 Å². The first-order chi connectivity index (χ1) is 9.47. The van der Waals surface area contributed by atoms with Crippen LogP contribution in [-0.4, -0.2) is 51.2 Å². The molecule has 1 saturated heterocycles. The van der Waals surface area contributed by atoms with Crippen LogP contribution < -0.4 is 11.1 Å². The lowest BCUT2D eigenvalue weighted by Crippen LogP contribution is -2.46. The molecule has 1 fully saturated rings. The van der Waals surface area contributed by atoms with E-state index < -0.39 is 12.0 Å². The van der Waals surface area contributed by atoms with Crippen LogP contribution in [0.4, 0.5) is 10.6 Å². The van der Waals surface area contributed by atoms with Crippen molar-refractivity contribution in [3.05, 3.63) is 11.8 Å². The van der Waals surface area contributed by atoms with E-state index in [0.29, 0.717) is 19.4 Å². The highest BCUT2D eigenvalue weighted by Gasteiger charge is 2.27. The smallest absolute Gasteiger partial charge is 0.353 e. The first kappa shape index (κ1) is 13.8. The van der Waals surface area contributed by atoms with E-state index >= 15 is 0 Å². The topological polar surface area (TPSA) is 141 Å². The van der Waals surface area contributed by atoms with E-state index in [1.54, 1.807) is 0 Å². The van der Waals surface area contributed by atoms with Gasteiger partial charge in [-0.3, -0.25) is 9.89 Å². The maximum Gasteiger partial charge on any atom is 0.353 e. The van der Waals surface area contributed by atoms with E-state index in [4.69, 9.17) is 10.8 Å². The Morgan fingerprint density at radius 1 is 1.50 bits per heavy atom. The minimum atomic E-state index is -1.16. The van der Waals surface area contributed by atoms with Crippen molar-refractivity contribution in [2.45, 2.75) is 12.8 Å². The number of nitrogens with zero attached hydrogens (tertiary/aromatic N) is 2. The Kier molecular flexibility index (Phi) is 3.87. The van der Waals surface area contributed by atoms with Crippen LogP contribution in [0.2, 0.25) is 0 Å². The highest BCUT2D eigenvalue weighted by atomic mass is 16.4. The molecule has 0 saturated carbocycles. The maximum atomic E-state index is 12.0. The molecule has 3 amide bonds. The number of piperidine rings is 1. The fourth-order valence-corrected chi connectivity index (χ4v) is 2.11. The second-order valence-electron chi connectivity index (χ2n) is 4.58. The third-order valence-electron chi connectivity index (χ3n) is 3.16. The maximum absolute atomic E-state index is 12.0. The number of primary amides is 1. The number of aromatic nitrogens is 2. The lowest BCUT2D eigenvalue weighted by Gasteiger charge is -2.30. The Balaban J connectivity index is 1.96. The minimum absolute atomic E-state index is 0.109. The summed E-state index contributed by atoms with van der Waals surface area (Å²) in [6.45, 7) is 0.808. The van der Waals surface area contributed by atoms with Gasteiger partial charge in [-0.05, 0) is 12.8 Å². The molecule has 2 heterocycles. The number of anilines is 1. The minimum Gasteiger partial charge on any atom is -0.477 e. The zero-order valence-electron chi connectivity index (χ0n) is 10.6. The summed E-state index contributed by atoms with van der Waals surface area (Å²) in [6.07, 6.45) is 1.34. The van der Waals surface area contributed by atoms with Gasteiger partial charge in [0.05, 0.1) is 5.92 Å². The molecule has 1 atom stereocenters. The van der Waals surface area contributed by atoms with E-state index in [0.717, 1.165) is 0 Å².